The second-order valence-corrected chi connectivity index (χ2v) is 8.40. The van der Waals surface area contributed by atoms with Crippen LogP contribution in [0, 0.1) is 0 Å². The van der Waals surface area contributed by atoms with Crippen LogP contribution < -0.4 is 5.32 Å². The number of piperidine rings is 1. The average Bonchev–Trinajstić information content (AvgIpc) is 3.11. The highest BCUT2D eigenvalue weighted by Crippen LogP contribution is 2.37. The highest BCUT2D eigenvalue weighted by atomic mass is 16.1. The number of ketones is 1. The van der Waals surface area contributed by atoms with Gasteiger partial charge in [-0.15, -0.1) is 10.2 Å². The van der Waals surface area contributed by atoms with Gasteiger partial charge in [-0.3, -0.25) is 9.59 Å². The van der Waals surface area contributed by atoms with Crippen molar-refractivity contribution in [3.05, 3.63) is 59.2 Å². The number of amides is 1. The minimum atomic E-state index is -0.117. The summed E-state index contributed by atoms with van der Waals surface area (Å²) in [7, 11) is 0. The first kappa shape index (κ1) is 19.8. The van der Waals surface area contributed by atoms with Crippen molar-refractivity contribution in [2.45, 2.75) is 32.1 Å². The van der Waals surface area contributed by atoms with Crippen LogP contribution >= 0.6 is 0 Å². The molecule has 3 aromatic rings. The van der Waals surface area contributed by atoms with E-state index in [0.29, 0.717) is 39.8 Å². The molecule has 0 atom stereocenters. The Hall–Kier alpha value is -3.12. The van der Waals surface area contributed by atoms with Crippen LogP contribution in [0.3, 0.4) is 0 Å². The highest BCUT2D eigenvalue weighted by Gasteiger charge is 2.30. The zero-order valence-corrected chi connectivity index (χ0v) is 17.6. The van der Waals surface area contributed by atoms with E-state index in [2.05, 4.69) is 20.4 Å². The van der Waals surface area contributed by atoms with Gasteiger partial charge in [0.15, 0.2) is 5.78 Å². The Morgan fingerprint density at radius 1 is 0.968 bits per heavy atom. The zero-order chi connectivity index (χ0) is 21.2. The van der Waals surface area contributed by atoms with Gasteiger partial charge in [-0.05, 0) is 63.5 Å². The summed E-state index contributed by atoms with van der Waals surface area (Å²) in [6.07, 6.45) is 6.02. The first-order valence-electron chi connectivity index (χ1n) is 11.2. The Kier molecular flexibility index (Phi) is 5.47. The number of benzene rings is 2. The van der Waals surface area contributed by atoms with Gasteiger partial charge in [0, 0.05) is 28.6 Å². The lowest BCUT2D eigenvalue weighted by Gasteiger charge is -2.26. The molecule has 0 unspecified atom stereocenters. The van der Waals surface area contributed by atoms with Crippen molar-refractivity contribution < 1.29 is 9.59 Å². The van der Waals surface area contributed by atoms with Crippen molar-refractivity contribution in [2.75, 3.05) is 26.2 Å². The largest absolute Gasteiger partial charge is 0.352 e. The normalized spacial score (nSPS) is 15.7. The molecule has 2 aliphatic rings. The fraction of sp³-hybridized carbons (Fsp3) is 0.360. The maximum atomic E-state index is 13.0. The van der Waals surface area contributed by atoms with Gasteiger partial charge in [-0.25, -0.2) is 0 Å². The molecule has 6 nitrogen and oxygen atoms in total. The third-order valence-corrected chi connectivity index (χ3v) is 6.31. The van der Waals surface area contributed by atoms with Crippen LogP contribution in [0.2, 0.25) is 0 Å². The summed E-state index contributed by atoms with van der Waals surface area (Å²) < 4.78 is 0. The van der Waals surface area contributed by atoms with E-state index in [0.717, 1.165) is 24.9 Å². The van der Waals surface area contributed by atoms with Gasteiger partial charge >= 0.3 is 0 Å². The van der Waals surface area contributed by atoms with E-state index in [1.54, 1.807) is 18.2 Å². The van der Waals surface area contributed by atoms with Crippen LogP contribution in [0.15, 0.2) is 42.5 Å². The molecular weight excluding hydrogens is 388 g/mol. The summed E-state index contributed by atoms with van der Waals surface area (Å²) in [6, 6.07) is 12.7. The molecule has 1 aliphatic carbocycles. The number of aromatic nitrogens is 2. The lowest BCUT2D eigenvalue weighted by Crippen LogP contribution is -2.31. The quantitative estimate of drug-likeness (QED) is 0.485. The number of hydrogen-bond donors (Lipinski definition) is 1. The number of unbranched alkanes of at least 4 members (excludes halogenated alkanes) is 1. The summed E-state index contributed by atoms with van der Waals surface area (Å²) in [6.45, 7) is 4.18. The zero-order valence-electron chi connectivity index (χ0n) is 17.6. The Morgan fingerprint density at radius 3 is 2.61 bits per heavy atom. The van der Waals surface area contributed by atoms with Crippen LogP contribution in [-0.2, 0) is 0 Å². The SMILES string of the molecule is O=C(NCCCCN1CCCCC1)c1ccc2nnc3c(c2c1)C(=O)c1ccccc1-3. The van der Waals surface area contributed by atoms with Crippen LogP contribution in [0.25, 0.3) is 22.2 Å². The summed E-state index contributed by atoms with van der Waals surface area (Å²) in [5.41, 5.74) is 3.76. The molecule has 31 heavy (non-hydrogen) atoms. The Bertz CT molecular complexity index is 1150. The molecule has 5 rings (SSSR count). The summed E-state index contributed by atoms with van der Waals surface area (Å²) in [5.74, 6) is -0.172. The standard InChI is InChI=1S/C25H26N4O2/c30-24-19-9-3-2-8-18(19)23-22(24)20-16-17(10-11-21(20)27-28-23)25(31)26-12-4-7-15-29-13-5-1-6-14-29/h2-3,8-11,16H,1,4-7,12-15H2,(H,26,31). The number of carbonyl (C=O) groups is 2. The molecule has 0 bridgehead atoms. The highest BCUT2D eigenvalue weighted by molar-refractivity contribution is 6.26. The number of rotatable bonds is 6. The number of nitrogens with zero attached hydrogens (tertiary/aromatic N) is 3. The Morgan fingerprint density at radius 2 is 1.77 bits per heavy atom. The molecule has 1 fully saturated rings. The molecule has 1 N–H and O–H groups in total. The second-order valence-electron chi connectivity index (χ2n) is 8.40. The maximum Gasteiger partial charge on any atom is 0.251 e. The van der Waals surface area contributed by atoms with Crippen molar-refractivity contribution in [3.63, 3.8) is 0 Å². The van der Waals surface area contributed by atoms with Gasteiger partial charge in [0.05, 0.1) is 11.1 Å². The smallest absolute Gasteiger partial charge is 0.251 e. The number of carbonyl (C=O) groups excluding carboxylic acids is 2. The maximum absolute atomic E-state index is 13.0. The van der Waals surface area contributed by atoms with Gasteiger partial charge in [-0.2, -0.15) is 0 Å². The summed E-state index contributed by atoms with van der Waals surface area (Å²) in [5, 5.41) is 12.3. The third kappa shape index (κ3) is 3.83. The van der Waals surface area contributed by atoms with Gasteiger partial charge in [0.2, 0.25) is 0 Å². The van der Waals surface area contributed by atoms with E-state index in [9.17, 15) is 9.59 Å². The fourth-order valence-electron chi connectivity index (χ4n) is 4.63. The third-order valence-electron chi connectivity index (χ3n) is 6.31. The monoisotopic (exact) mass is 414 g/mol. The van der Waals surface area contributed by atoms with E-state index >= 15 is 0 Å². The molecule has 1 amide bonds. The lowest BCUT2D eigenvalue weighted by atomic mass is 10.0. The molecule has 1 aliphatic heterocycles. The fourth-order valence-corrected chi connectivity index (χ4v) is 4.63. The van der Waals surface area contributed by atoms with Crippen LogP contribution in [0.5, 0.6) is 0 Å². The predicted molar refractivity (Wildman–Crippen MR) is 120 cm³/mol. The topological polar surface area (TPSA) is 75.2 Å². The van der Waals surface area contributed by atoms with Crippen LogP contribution in [-0.4, -0.2) is 53.0 Å². The van der Waals surface area contributed by atoms with E-state index in [4.69, 9.17) is 0 Å². The minimum Gasteiger partial charge on any atom is -0.352 e. The second kappa shape index (κ2) is 8.55. The van der Waals surface area contributed by atoms with Crippen molar-refractivity contribution in [3.8, 4) is 11.3 Å². The molecular formula is C25H26N4O2. The number of hydrogen-bond acceptors (Lipinski definition) is 5. The van der Waals surface area contributed by atoms with Crippen LogP contribution in [0.4, 0.5) is 0 Å². The number of nitrogens with one attached hydrogen (secondary N) is 1. The van der Waals surface area contributed by atoms with Crippen molar-refractivity contribution in [1.29, 1.82) is 0 Å². The molecule has 2 aromatic carbocycles. The van der Waals surface area contributed by atoms with E-state index in [1.807, 2.05) is 24.3 Å². The molecule has 0 saturated carbocycles. The van der Waals surface area contributed by atoms with Crippen molar-refractivity contribution in [2.24, 2.45) is 0 Å². The molecule has 6 heteroatoms. The average molecular weight is 415 g/mol. The Balaban J connectivity index is 1.27. The molecule has 0 spiro atoms. The summed E-state index contributed by atoms with van der Waals surface area (Å²) in [4.78, 5) is 28.2. The van der Waals surface area contributed by atoms with E-state index in [1.165, 1.54) is 32.4 Å². The van der Waals surface area contributed by atoms with Crippen LogP contribution in [0.1, 0.15) is 58.4 Å². The molecule has 2 heterocycles. The van der Waals surface area contributed by atoms with Gasteiger partial charge in [0.25, 0.3) is 5.91 Å². The molecule has 1 aromatic heterocycles. The van der Waals surface area contributed by atoms with Gasteiger partial charge in [-0.1, -0.05) is 30.7 Å². The van der Waals surface area contributed by atoms with E-state index < -0.39 is 0 Å². The molecule has 1 saturated heterocycles. The minimum absolute atomic E-state index is 0.0548. The predicted octanol–water partition coefficient (Wildman–Crippen LogP) is 3.84. The summed E-state index contributed by atoms with van der Waals surface area (Å²) >= 11 is 0. The van der Waals surface area contributed by atoms with Gasteiger partial charge in [0.1, 0.15) is 5.69 Å². The van der Waals surface area contributed by atoms with Gasteiger partial charge < -0.3 is 10.2 Å². The molecule has 158 valence electrons. The lowest BCUT2D eigenvalue weighted by molar-refractivity contribution is 0.0951. The number of fused-ring (bicyclic) bond motifs is 5. The Labute approximate surface area is 181 Å². The number of likely N-dealkylation sites (tertiary alicyclic amines) is 1. The van der Waals surface area contributed by atoms with E-state index in [-0.39, 0.29) is 11.7 Å². The van der Waals surface area contributed by atoms with Crippen molar-refractivity contribution >= 4 is 22.6 Å². The first-order valence-corrected chi connectivity index (χ1v) is 11.2. The molecule has 0 radical (unpaired) electrons. The van der Waals surface area contributed by atoms with Crippen molar-refractivity contribution in [1.82, 2.24) is 20.4 Å². The first-order chi connectivity index (χ1) is 15.2.